The summed E-state index contributed by atoms with van der Waals surface area (Å²) in [6.07, 6.45) is 8.14. The molecule has 2 aromatic rings. The molecule has 0 bridgehead atoms. The van der Waals surface area contributed by atoms with Crippen molar-refractivity contribution in [2.75, 3.05) is 6.61 Å². The molecule has 0 heterocycles. The van der Waals surface area contributed by atoms with Crippen LogP contribution >= 0.6 is 0 Å². The monoisotopic (exact) mass is 252 g/mol. The quantitative estimate of drug-likeness (QED) is 0.671. The number of hydrogen-bond acceptors (Lipinski definition) is 1. The van der Waals surface area contributed by atoms with Crippen LogP contribution in [0.3, 0.4) is 0 Å². The molecule has 0 N–H and O–H groups in total. The second-order valence-corrected chi connectivity index (χ2v) is 5.15. The lowest BCUT2D eigenvalue weighted by molar-refractivity contribution is 0.0832. The minimum absolute atomic E-state index is 0.121. The molecule has 1 aliphatic carbocycles. The van der Waals surface area contributed by atoms with Crippen molar-refractivity contribution in [3.63, 3.8) is 0 Å². The number of rotatable bonds is 5. The summed E-state index contributed by atoms with van der Waals surface area (Å²) in [5.74, 6) is 0. The third-order valence-corrected chi connectivity index (χ3v) is 3.77. The lowest BCUT2D eigenvalue weighted by atomic mass is 9.91. The van der Waals surface area contributed by atoms with Crippen LogP contribution in [0.4, 0.5) is 0 Å². The van der Waals surface area contributed by atoms with E-state index in [0.29, 0.717) is 0 Å². The summed E-state index contributed by atoms with van der Waals surface area (Å²) in [4.78, 5) is 0. The van der Waals surface area contributed by atoms with Crippen molar-refractivity contribution in [3.05, 3.63) is 53.6 Å². The highest BCUT2D eigenvalue weighted by molar-refractivity contribution is 5.95. The Labute approximate surface area is 114 Å². The molecular formula is C18H20O. The first-order valence-electron chi connectivity index (χ1n) is 7.21. The maximum Gasteiger partial charge on any atom is 0.102 e. The van der Waals surface area contributed by atoms with Crippen LogP contribution in [0.25, 0.3) is 16.8 Å². The van der Waals surface area contributed by atoms with Gasteiger partial charge < -0.3 is 4.74 Å². The summed E-state index contributed by atoms with van der Waals surface area (Å²) < 4.78 is 6.05. The second kappa shape index (κ2) is 5.58. The van der Waals surface area contributed by atoms with Crippen molar-refractivity contribution in [1.29, 1.82) is 0 Å². The normalized spacial score (nSPS) is 17.0. The average Bonchev–Trinajstić information content (AvgIpc) is 2.46. The largest absolute Gasteiger partial charge is 0.369 e. The van der Waals surface area contributed by atoms with Gasteiger partial charge in [0.25, 0.3) is 0 Å². The Morgan fingerprint density at radius 2 is 1.89 bits per heavy atom. The summed E-state index contributed by atoms with van der Waals surface area (Å²) in [7, 11) is 0. The van der Waals surface area contributed by atoms with Gasteiger partial charge in [0, 0.05) is 6.61 Å². The number of benzene rings is 2. The van der Waals surface area contributed by atoms with Crippen molar-refractivity contribution in [3.8, 4) is 0 Å². The molecule has 0 saturated heterocycles. The fourth-order valence-corrected chi connectivity index (χ4v) is 2.78. The van der Waals surface area contributed by atoms with Crippen LogP contribution in [0.2, 0.25) is 0 Å². The maximum absolute atomic E-state index is 6.05. The first-order chi connectivity index (χ1) is 9.40. The van der Waals surface area contributed by atoms with Gasteiger partial charge in [0.15, 0.2) is 0 Å². The van der Waals surface area contributed by atoms with E-state index < -0.39 is 0 Å². The highest BCUT2D eigenvalue weighted by Gasteiger charge is 2.17. The lowest BCUT2D eigenvalue weighted by Gasteiger charge is -2.21. The third kappa shape index (κ3) is 2.43. The Kier molecular flexibility index (Phi) is 3.65. The van der Waals surface area contributed by atoms with Gasteiger partial charge in [-0.3, -0.25) is 0 Å². The molecule has 3 rings (SSSR count). The second-order valence-electron chi connectivity index (χ2n) is 5.15. The average molecular weight is 252 g/mol. The summed E-state index contributed by atoms with van der Waals surface area (Å²) in [6.45, 7) is 3.07. The Hall–Kier alpha value is -1.60. The maximum atomic E-state index is 6.05. The molecule has 0 radical (unpaired) electrons. The van der Waals surface area contributed by atoms with Gasteiger partial charge >= 0.3 is 0 Å². The zero-order valence-electron chi connectivity index (χ0n) is 11.4. The Morgan fingerprint density at radius 3 is 2.74 bits per heavy atom. The smallest absolute Gasteiger partial charge is 0.102 e. The SMILES string of the molecule is CCCCCOC1C=Cc2cccc3cccc1c23. The molecule has 0 fully saturated rings. The summed E-state index contributed by atoms with van der Waals surface area (Å²) >= 11 is 0. The van der Waals surface area contributed by atoms with E-state index in [1.165, 1.54) is 34.7 Å². The summed E-state index contributed by atoms with van der Waals surface area (Å²) in [5, 5.41) is 2.66. The summed E-state index contributed by atoms with van der Waals surface area (Å²) in [5.41, 5.74) is 2.62. The lowest BCUT2D eigenvalue weighted by Crippen LogP contribution is -2.07. The molecule has 98 valence electrons. The van der Waals surface area contributed by atoms with Crippen molar-refractivity contribution < 1.29 is 4.74 Å². The predicted octanol–water partition coefficient (Wildman–Crippen LogP) is 5.11. The van der Waals surface area contributed by atoms with E-state index in [-0.39, 0.29) is 6.10 Å². The Balaban J connectivity index is 1.87. The molecule has 0 saturated carbocycles. The molecule has 1 heteroatoms. The van der Waals surface area contributed by atoms with Crippen molar-refractivity contribution >= 4 is 16.8 Å². The number of hydrogen-bond donors (Lipinski definition) is 0. The fourth-order valence-electron chi connectivity index (χ4n) is 2.78. The molecule has 0 spiro atoms. The highest BCUT2D eigenvalue weighted by atomic mass is 16.5. The van der Waals surface area contributed by atoms with E-state index in [0.717, 1.165) is 13.0 Å². The van der Waals surface area contributed by atoms with Gasteiger partial charge in [0.05, 0.1) is 0 Å². The zero-order chi connectivity index (χ0) is 13.1. The number of unbranched alkanes of at least 4 members (excludes halogenated alkanes) is 2. The number of ether oxygens (including phenoxy) is 1. The predicted molar refractivity (Wildman–Crippen MR) is 81.2 cm³/mol. The van der Waals surface area contributed by atoms with Gasteiger partial charge in [-0.25, -0.2) is 0 Å². The van der Waals surface area contributed by atoms with E-state index in [4.69, 9.17) is 4.74 Å². The molecule has 0 aromatic heterocycles. The first-order valence-corrected chi connectivity index (χ1v) is 7.21. The van der Waals surface area contributed by atoms with E-state index in [1.54, 1.807) is 0 Å². The third-order valence-electron chi connectivity index (χ3n) is 3.77. The first kappa shape index (κ1) is 12.4. The summed E-state index contributed by atoms with van der Waals surface area (Å²) in [6, 6.07) is 13.0. The van der Waals surface area contributed by atoms with Crippen LogP contribution in [0.15, 0.2) is 42.5 Å². The molecule has 0 aliphatic heterocycles. The molecule has 0 amide bonds. The Bertz CT molecular complexity index is 592. The Morgan fingerprint density at radius 1 is 1.05 bits per heavy atom. The highest BCUT2D eigenvalue weighted by Crippen LogP contribution is 2.35. The van der Waals surface area contributed by atoms with Crippen molar-refractivity contribution in [2.24, 2.45) is 0 Å². The zero-order valence-corrected chi connectivity index (χ0v) is 11.4. The molecular weight excluding hydrogens is 232 g/mol. The van der Waals surface area contributed by atoms with Crippen molar-refractivity contribution in [1.82, 2.24) is 0 Å². The molecule has 1 unspecified atom stereocenters. The van der Waals surface area contributed by atoms with Crippen LogP contribution in [-0.2, 0) is 4.74 Å². The van der Waals surface area contributed by atoms with Gasteiger partial charge in [-0.15, -0.1) is 0 Å². The van der Waals surface area contributed by atoms with Gasteiger partial charge in [0.2, 0.25) is 0 Å². The minimum atomic E-state index is 0.121. The topological polar surface area (TPSA) is 9.23 Å². The molecule has 1 nitrogen and oxygen atoms in total. The van der Waals surface area contributed by atoms with E-state index in [2.05, 4.69) is 55.5 Å². The standard InChI is InChI=1S/C18H20O/c1-2-3-4-13-19-17-12-11-15-8-5-7-14-9-6-10-16(17)18(14)15/h5-12,17H,2-4,13H2,1H3. The molecule has 1 aliphatic rings. The molecule has 2 aromatic carbocycles. The van der Waals surface area contributed by atoms with Crippen LogP contribution in [0.1, 0.15) is 43.4 Å². The van der Waals surface area contributed by atoms with Crippen LogP contribution < -0.4 is 0 Å². The molecule has 1 atom stereocenters. The van der Waals surface area contributed by atoms with E-state index in [1.807, 2.05) is 0 Å². The van der Waals surface area contributed by atoms with Crippen LogP contribution in [-0.4, -0.2) is 6.61 Å². The molecule has 19 heavy (non-hydrogen) atoms. The van der Waals surface area contributed by atoms with Crippen molar-refractivity contribution in [2.45, 2.75) is 32.3 Å². The van der Waals surface area contributed by atoms with Crippen LogP contribution in [0, 0.1) is 0 Å². The van der Waals surface area contributed by atoms with Gasteiger partial charge in [0.1, 0.15) is 6.10 Å². The fraction of sp³-hybridized carbons (Fsp3) is 0.333. The van der Waals surface area contributed by atoms with E-state index in [9.17, 15) is 0 Å². The van der Waals surface area contributed by atoms with Crippen LogP contribution in [0.5, 0.6) is 0 Å². The van der Waals surface area contributed by atoms with E-state index >= 15 is 0 Å². The van der Waals surface area contributed by atoms with Gasteiger partial charge in [-0.1, -0.05) is 68.3 Å². The van der Waals surface area contributed by atoms with Gasteiger partial charge in [-0.05, 0) is 28.3 Å². The van der Waals surface area contributed by atoms with Gasteiger partial charge in [-0.2, -0.15) is 0 Å². The minimum Gasteiger partial charge on any atom is -0.369 e.